The number of amides is 2. The van der Waals surface area contributed by atoms with Crippen molar-refractivity contribution in [2.24, 2.45) is 0 Å². The van der Waals surface area contributed by atoms with Crippen LogP contribution in [0.15, 0.2) is 42.5 Å². The number of aromatic nitrogens is 2. The van der Waals surface area contributed by atoms with Crippen molar-refractivity contribution >= 4 is 33.6 Å². The molecule has 0 atom stereocenters. The van der Waals surface area contributed by atoms with E-state index in [1.807, 2.05) is 49.4 Å². The van der Waals surface area contributed by atoms with E-state index in [0.29, 0.717) is 22.4 Å². The molecule has 3 heterocycles. The number of benzene rings is 2. The van der Waals surface area contributed by atoms with Crippen molar-refractivity contribution in [1.82, 2.24) is 15.3 Å². The lowest BCUT2D eigenvalue weighted by molar-refractivity contribution is 0.0878. The van der Waals surface area contributed by atoms with Crippen molar-refractivity contribution in [2.75, 3.05) is 7.11 Å². The van der Waals surface area contributed by atoms with Gasteiger partial charge >= 0.3 is 0 Å². The zero-order valence-electron chi connectivity index (χ0n) is 14.7. The SMILES string of the molecule is COc1ccc2[nH]c3c(-c4ccccc4C)nc4c(c3c2c1)C(=O)NC4=O. The van der Waals surface area contributed by atoms with Gasteiger partial charge in [-0.25, -0.2) is 4.98 Å². The van der Waals surface area contributed by atoms with Crippen LogP contribution in [0.2, 0.25) is 0 Å². The number of carbonyl (C=O) groups is 2. The number of hydrogen-bond donors (Lipinski definition) is 2. The Hall–Kier alpha value is -3.67. The predicted molar refractivity (Wildman–Crippen MR) is 102 cm³/mol. The highest BCUT2D eigenvalue weighted by molar-refractivity contribution is 6.30. The molecule has 0 unspecified atom stereocenters. The minimum Gasteiger partial charge on any atom is -0.497 e. The number of aromatic amines is 1. The van der Waals surface area contributed by atoms with Crippen molar-refractivity contribution in [3.8, 4) is 17.0 Å². The molecule has 0 saturated heterocycles. The number of methoxy groups -OCH3 is 1. The Kier molecular flexibility index (Phi) is 3.12. The highest BCUT2D eigenvalue weighted by Gasteiger charge is 2.33. The zero-order chi connectivity index (χ0) is 18.7. The van der Waals surface area contributed by atoms with Crippen LogP contribution in [0.25, 0.3) is 33.1 Å². The van der Waals surface area contributed by atoms with Crippen LogP contribution in [-0.4, -0.2) is 28.9 Å². The first-order valence-electron chi connectivity index (χ1n) is 8.53. The second kappa shape index (κ2) is 5.41. The number of hydrogen-bond acceptors (Lipinski definition) is 4. The fourth-order valence-electron chi connectivity index (χ4n) is 3.72. The molecule has 1 aliphatic heterocycles. The molecule has 0 fully saturated rings. The molecule has 2 aromatic carbocycles. The molecule has 2 N–H and O–H groups in total. The topological polar surface area (TPSA) is 84.1 Å². The van der Waals surface area contributed by atoms with Crippen LogP contribution in [0.1, 0.15) is 26.4 Å². The number of rotatable bonds is 2. The van der Waals surface area contributed by atoms with Gasteiger partial charge in [-0.05, 0) is 30.7 Å². The van der Waals surface area contributed by atoms with Crippen molar-refractivity contribution in [2.45, 2.75) is 6.92 Å². The van der Waals surface area contributed by atoms with Gasteiger partial charge in [0, 0.05) is 21.9 Å². The lowest BCUT2D eigenvalue weighted by Crippen LogP contribution is -2.20. The summed E-state index contributed by atoms with van der Waals surface area (Å²) in [6.07, 6.45) is 0. The average Bonchev–Trinajstić information content (AvgIpc) is 3.18. The lowest BCUT2D eigenvalue weighted by Gasteiger charge is -2.08. The number of pyridine rings is 1. The Morgan fingerprint density at radius 2 is 1.81 bits per heavy atom. The zero-order valence-corrected chi connectivity index (χ0v) is 14.7. The molecule has 4 aromatic rings. The second-order valence-electron chi connectivity index (χ2n) is 6.57. The van der Waals surface area contributed by atoms with Gasteiger partial charge in [0.2, 0.25) is 0 Å². The standard InChI is InChI=1S/C21H15N3O3/c1-10-5-3-4-6-12(10)17-18-15(16-19(23-17)21(26)24-20(16)25)13-9-11(27-2)7-8-14(13)22-18/h3-9,22H,1-2H3,(H,24,25,26). The Labute approximate surface area is 154 Å². The van der Waals surface area contributed by atoms with Crippen LogP contribution in [0, 0.1) is 6.92 Å². The molecule has 0 bridgehead atoms. The first-order chi connectivity index (χ1) is 13.1. The molecule has 0 saturated carbocycles. The third kappa shape index (κ3) is 2.10. The first kappa shape index (κ1) is 15.6. The van der Waals surface area contributed by atoms with E-state index < -0.39 is 11.8 Å². The summed E-state index contributed by atoms with van der Waals surface area (Å²) in [4.78, 5) is 32.8. The van der Waals surface area contributed by atoms with Crippen LogP contribution in [0.5, 0.6) is 5.75 Å². The van der Waals surface area contributed by atoms with E-state index in [1.54, 1.807) is 7.11 Å². The normalized spacial score (nSPS) is 13.3. The fraction of sp³-hybridized carbons (Fsp3) is 0.0952. The van der Waals surface area contributed by atoms with E-state index in [1.165, 1.54) is 0 Å². The molecule has 0 spiro atoms. The molecule has 2 amide bonds. The highest BCUT2D eigenvalue weighted by Crippen LogP contribution is 2.39. The fourth-order valence-corrected chi connectivity index (χ4v) is 3.72. The largest absolute Gasteiger partial charge is 0.497 e. The second-order valence-corrected chi connectivity index (χ2v) is 6.57. The maximum absolute atomic E-state index is 12.5. The molecule has 0 aliphatic carbocycles. The summed E-state index contributed by atoms with van der Waals surface area (Å²) in [5.41, 5.74) is 4.66. The minimum atomic E-state index is -0.469. The summed E-state index contributed by atoms with van der Waals surface area (Å²) in [6.45, 7) is 1.99. The minimum absolute atomic E-state index is 0.162. The van der Waals surface area contributed by atoms with E-state index in [9.17, 15) is 9.59 Å². The van der Waals surface area contributed by atoms with Gasteiger partial charge in [-0.2, -0.15) is 0 Å². The van der Waals surface area contributed by atoms with Crippen LogP contribution in [-0.2, 0) is 0 Å². The maximum Gasteiger partial charge on any atom is 0.277 e. The van der Waals surface area contributed by atoms with Gasteiger partial charge in [0.25, 0.3) is 11.8 Å². The molecular formula is C21H15N3O3. The van der Waals surface area contributed by atoms with E-state index in [2.05, 4.69) is 15.3 Å². The Morgan fingerprint density at radius 1 is 1.00 bits per heavy atom. The maximum atomic E-state index is 12.5. The van der Waals surface area contributed by atoms with Crippen molar-refractivity contribution in [3.63, 3.8) is 0 Å². The van der Waals surface area contributed by atoms with Gasteiger partial charge in [0.1, 0.15) is 11.4 Å². The van der Waals surface area contributed by atoms with Crippen LogP contribution < -0.4 is 10.1 Å². The van der Waals surface area contributed by atoms with Crippen molar-refractivity contribution < 1.29 is 14.3 Å². The summed E-state index contributed by atoms with van der Waals surface area (Å²) >= 11 is 0. The Bertz CT molecular complexity index is 1290. The van der Waals surface area contributed by atoms with Crippen LogP contribution in [0.4, 0.5) is 0 Å². The summed E-state index contributed by atoms with van der Waals surface area (Å²) in [6, 6.07) is 13.5. The molecule has 5 rings (SSSR count). The number of imide groups is 1. The first-order valence-corrected chi connectivity index (χ1v) is 8.53. The number of H-pyrrole nitrogens is 1. The van der Waals surface area contributed by atoms with Crippen LogP contribution in [0.3, 0.4) is 0 Å². The number of fused-ring (bicyclic) bond motifs is 5. The molecule has 0 radical (unpaired) electrons. The third-order valence-corrected chi connectivity index (χ3v) is 5.02. The van der Waals surface area contributed by atoms with E-state index in [4.69, 9.17) is 4.74 Å². The Morgan fingerprint density at radius 3 is 2.59 bits per heavy atom. The molecule has 27 heavy (non-hydrogen) atoms. The molecule has 1 aliphatic rings. The van der Waals surface area contributed by atoms with Crippen LogP contribution >= 0.6 is 0 Å². The predicted octanol–water partition coefficient (Wildman–Crippen LogP) is 3.58. The molecular weight excluding hydrogens is 342 g/mol. The van der Waals surface area contributed by atoms with Gasteiger partial charge in [0.15, 0.2) is 0 Å². The van der Waals surface area contributed by atoms with Gasteiger partial charge < -0.3 is 9.72 Å². The highest BCUT2D eigenvalue weighted by atomic mass is 16.5. The average molecular weight is 357 g/mol. The third-order valence-electron chi connectivity index (χ3n) is 5.02. The van der Waals surface area contributed by atoms with Gasteiger partial charge in [-0.15, -0.1) is 0 Å². The van der Waals surface area contributed by atoms with Gasteiger partial charge in [-0.1, -0.05) is 24.3 Å². The summed E-state index contributed by atoms with van der Waals surface area (Å²) in [7, 11) is 1.59. The van der Waals surface area contributed by atoms with E-state index >= 15 is 0 Å². The monoisotopic (exact) mass is 357 g/mol. The molecule has 2 aromatic heterocycles. The number of ether oxygens (including phenoxy) is 1. The van der Waals surface area contributed by atoms with Gasteiger partial charge in [0.05, 0.1) is 23.9 Å². The summed E-state index contributed by atoms with van der Waals surface area (Å²) < 4.78 is 5.34. The number of carbonyl (C=O) groups excluding carboxylic acids is 2. The van der Waals surface area contributed by atoms with Crippen molar-refractivity contribution in [3.05, 3.63) is 59.3 Å². The number of nitrogens with one attached hydrogen (secondary N) is 2. The molecule has 6 heteroatoms. The number of nitrogens with zero attached hydrogens (tertiary/aromatic N) is 1. The number of aryl methyl sites for hydroxylation is 1. The molecule has 6 nitrogen and oxygen atoms in total. The smallest absolute Gasteiger partial charge is 0.277 e. The Balaban J connectivity index is 2.00. The lowest BCUT2D eigenvalue weighted by atomic mass is 9.99. The molecule has 132 valence electrons. The van der Waals surface area contributed by atoms with Gasteiger partial charge in [-0.3, -0.25) is 14.9 Å². The van der Waals surface area contributed by atoms with Crippen molar-refractivity contribution in [1.29, 1.82) is 0 Å². The quantitative estimate of drug-likeness (QED) is 0.537. The summed E-state index contributed by atoms with van der Waals surface area (Å²) in [5, 5.41) is 3.88. The van der Waals surface area contributed by atoms with E-state index in [-0.39, 0.29) is 5.69 Å². The van der Waals surface area contributed by atoms with E-state index in [0.717, 1.165) is 27.5 Å². The summed E-state index contributed by atoms with van der Waals surface area (Å²) in [5.74, 6) is -0.215.